The van der Waals surface area contributed by atoms with Crippen LogP contribution in [0.5, 0.6) is 0 Å². The van der Waals surface area contributed by atoms with Crippen molar-refractivity contribution in [2.75, 3.05) is 0 Å². The molecule has 0 atom stereocenters. The van der Waals surface area contributed by atoms with Crippen molar-refractivity contribution in [3.05, 3.63) is 33.9 Å². The van der Waals surface area contributed by atoms with Gasteiger partial charge in [0, 0.05) is 17.0 Å². The van der Waals surface area contributed by atoms with E-state index in [-0.39, 0.29) is 35.2 Å². The topological polar surface area (TPSA) is 84.7 Å². The summed E-state index contributed by atoms with van der Waals surface area (Å²) in [5.74, 6) is 0. The fraction of sp³-hybridized carbons (Fsp3) is 0.143. The van der Waals surface area contributed by atoms with E-state index in [1.807, 2.05) is 0 Å². The van der Waals surface area contributed by atoms with Crippen LogP contribution in [0, 0.1) is 17.0 Å². The molecule has 1 rings (SSSR count). The van der Waals surface area contributed by atoms with Gasteiger partial charge >= 0.3 is 29.6 Å². The van der Waals surface area contributed by atoms with Crippen LogP contribution < -0.4 is 34.8 Å². The molecule has 0 saturated carbocycles. The van der Waals surface area contributed by atoms with Crippen LogP contribution in [-0.4, -0.2) is 4.92 Å². The molecule has 1 aromatic carbocycles. The van der Waals surface area contributed by atoms with E-state index in [4.69, 9.17) is 0 Å². The van der Waals surface area contributed by atoms with E-state index in [0.29, 0.717) is 16.9 Å². The monoisotopic (exact) mass is 239 g/mol. The Balaban J connectivity index is 0.00000196. The number of hydrogen-bond donors (Lipinski definition) is 0. The summed E-state index contributed by atoms with van der Waals surface area (Å²) < 4.78 is 4.07. The molecular weight excluding hydrogens is 233 g/mol. The fourth-order valence-electron chi connectivity index (χ4n) is 0.843. The molecule has 0 aliphatic rings. The van der Waals surface area contributed by atoms with Gasteiger partial charge in [0.25, 0.3) is 5.69 Å². The normalized spacial score (nSPS) is 9.47. The summed E-state index contributed by atoms with van der Waals surface area (Å²) >= 11 is 0.639. The van der Waals surface area contributed by atoms with Gasteiger partial charge in [-0.2, -0.15) is 4.33 Å². The minimum absolute atomic E-state index is 0. The number of nitro groups is 1. The first kappa shape index (κ1) is 14.8. The summed E-state index contributed by atoms with van der Waals surface area (Å²) in [5, 5.41) is 23.1. The van der Waals surface area contributed by atoms with E-state index < -0.39 is 4.92 Å². The van der Waals surface area contributed by atoms with Gasteiger partial charge in [-0.3, -0.25) is 15.2 Å². The van der Waals surface area contributed by atoms with Crippen LogP contribution in [0.1, 0.15) is 5.56 Å². The molecule has 0 bridgehead atoms. The average molecular weight is 239 g/mol. The average Bonchev–Trinajstić information content (AvgIpc) is 2.16. The SMILES string of the molecule is Cc1ccc([N+](=O)[O-])cc1SOO[O-].[Na+]. The zero-order valence-corrected chi connectivity index (χ0v) is 10.9. The number of rotatable bonds is 4. The molecule has 1 aromatic rings. The van der Waals surface area contributed by atoms with E-state index in [2.05, 4.69) is 9.37 Å². The van der Waals surface area contributed by atoms with Gasteiger partial charge in [-0.05, 0) is 12.5 Å². The molecular formula is C7H6NNaO5S. The second kappa shape index (κ2) is 7.18. The Morgan fingerprint density at radius 3 is 2.67 bits per heavy atom. The van der Waals surface area contributed by atoms with Gasteiger partial charge in [0.2, 0.25) is 0 Å². The van der Waals surface area contributed by atoms with Crippen molar-refractivity contribution in [1.82, 2.24) is 0 Å². The Hall–Kier alpha value is -0.150. The van der Waals surface area contributed by atoms with Crippen molar-refractivity contribution in [2.45, 2.75) is 11.8 Å². The number of non-ortho nitro benzene ring substituents is 1. The zero-order chi connectivity index (χ0) is 10.6. The molecule has 15 heavy (non-hydrogen) atoms. The molecule has 6 nitrogen and oxygen atoms in total. The van der Waals surface area contributed by atoms with Gasteiger partial charge < -0.3 is 5.26 Å². The van der Waals surface area contributed by atoms with Crippen molar-refractivity contribution in [3.8, 4) is 0 Å². The molecule has 0 fully saturated rings. The molecule has 0 aliphatic carbocycles. The Labute approximate surface area is 112 Å². The van der Waals surface area contributed by atoms with Crippen molar-refractivity contribution in [1.29, 1.82) is 0 Å². The van der Waals surface area contributed by atoms with E-state index in [9.17, 15) is 15.4 Å². The van der Waals surface area contributed by atoms with E-state index in [0.717, 1.165) is 5.56 Å². The predicted molar refractivity (Wildman–Crippen MR) is 45.9 cm³/mol. The summed E-state index contributed by atoms with van der Waals surface area (Å²) in [6, 6.07) is 4.24. The number of hydrogen-bond acceptors (Lipinski definition) is 6. The number of nitro benzene ring substituents is 1. The third-order valence-electron chi connectivity index (χ3n) is 1.53. The van der Waals surface area contributed by atoms with Gasteiger partial charge in [-0.1, -0.05) is 6.07 Å². The quantitative estimate of drug-likeness (QED) is 0.201. The Morgan fingerprint density at radius 1 is 1.47 bits per heavy atom. The van der Waals surface area contributed by atoms with Crippen molar-refractivity contribution < 1.29 is 49.1 Å². The van der Waals surface area contributed by atoms with Crippen LogP contribution >= 0.6 is 12.0 Å². The van der Waals surface area contributed by atoms with Crippen molar-refractivity contribution >= 4 is 17.7 Å². The minimum Gasteiger partial charge on any atom is -0.691 e. The van der Waals surface area contributed by atoms with Crippen LogP contribution in [0.25, 0.3) is 0 Å². The third-order valence-corrected chi connectivity index (χ3v) is 2.28. The first-order chi connectivity index (χ1) is 6.65. The first-order valence-electron chi connectivity index (χ1n) is 3.53. The van der Waals surface area contributed by atoms with Crippen molar-refractivity contribution in [2.24, 2.45) is 0 Å². The van der Waals surface area contributed by atoms with E-state index in [1.165, 1.54) is 12.1 Å². The number of benzene rings is 1. The van der Waals surface area contributed by atoms with Crippen LogP contribution in [0.3, 0.4) is 0 Å². The van der Waals surface area contributed by atoms with Crippen LogP contribution in [-0.2, 0) is 9.37 Å². The molecule has 0 heterocycles. The smallest absolute Gasteiger partial charge is 0.691 e. The Bertz CT molecular complexity index is 348. The van der Waals surface area contributed by atoms with Crippen LogP contribution in [0.4, 0.5) is 5.69 Å². The molecule has 0 radical (unpaired) electrons. The predicted octanol–water partition coefficient (Wildman–Crippen LogP) is -1.86. The molecule has 8 heteroatoms. The molecule has 0 aromatic heterocycles. The van der Waals surface area contributed by atoms with E-state index in [1.54, 1.807) is 13.0 Å². The maximum Gasteiger partial charge on any atom is 1.00 e. The summed E-state index contributed by atoms with van der Waals surface area (Å²) in [7, 11) is 0. The van der Waals surface area contributed by atoms with Crippen LogP contribution in [0.15, 0.2) is 23.1 Å². The number of aryl methyl sites for hydroxylation is 1. The fourth-order valence-corrected chi connectivity index (χ4v) is 1.31. The molecule has 0 aliphatic heterocycles. The summed E-state index contributed by atoms with van der Waals surface area (Å²) in [4.78, 5) is 10.3. The molecule has 0 N–H and O–H groups in total. The largest absolute Gasteiger partial charge is 1.00 e. The molecule has 0 spiro atoms. The second-order valence-corrected chi connectivity index (χ2v) is 3.17. The van der Waals surface area contributed by atoms with Gasteiger partial charge in [-0.25, -0.2) is 0 Å². The van der Waals surface area contributed by atoms with Gasteiger partial charge in [0.05, 0.1) is 17.0 Å². The first-order valence-corrected chi connectivity index (χ1v) is 4.27. The number of nitrogens with zero attached hydrogens (tertiary/aromatic N) is 1. The molecule has 76 valence electrons. The second-order valence-electron chi connectivity index (χ2n) is 2.43. The zero-order valence-electron chi connectivity index (χ0n) is 8.13. The van der Waals surface area contributed by atoms with E-state index >= 15 is 0 Å². The standard InChI is InChI=1S/C7H7NO5S.Na/c1-5-2-3-6(8(9)10)4-7(5)14-13-12-11;/h2-4,11H,1H3;/q;+1/p-1. The minimum atomic E-state index is -0.526. The van der Waals surface area contributed by atoms with Gasteiger partial charge in [0.1, 0.15) is 0 Å². The van der Waals surface area contributed by atoms with Gasteiger partial charge in [-0.15, -0.1) is 0 Å². The molecule has 0 saturated heterocycles. The van der Waals surface area contributed by atoms with Crippen LogP contribution in [0.2, 0.25) is 0 Å². The summed E-state index contributed by atoms with van der Waals surface area (Å²) in [5.41, 5.74) is 0.699. The maximum atomic E-state index is 10.4. The maximum absolute atomic E-state index is 10.4. The molecule has 0 amide bonds. The summed E-state index contributed by atoms with van der Waals surface area (Å²) in [6.45, 7) is 1.74. The Morgan fingerprint density at radius 2 is 2.13 bits per heavy atom. The van der Waals surface area contributed by atoms with Crippen molar-refractivity contribution in [3.63, 3.8) is 0 Å². The van der Waals surface area contributed by atoms with Gasteiger partial charge in [0.15, 0.2) is 0 Å². The molecule has 0 unspecified atom stereocenters. The summed E-state index contributed by atoms with van der Waals surface area (Å²) in [6.07, 6.45) is 0. The third kappa shape index (κ3) is 4.47. The Kier molecular flexibility index (Phi) is 7.11.